The summed E-state index contributed by atoms with van der Waals surface area (Å²) in [5, 5.41) is 14.3. The van der Waals surface area contributed by atoms with E-state index in [9.17, 15) is 4.79 Å². The molecule has 1 amide bonds. The van der Waals surface area contributed by atoms with Crippen LogP contribution < -0.4 is 25.0 Å². The van der Waals surface area contributed by atoms with Crippen molar-refractivity contribution in [1.29, 1.82) is 0 Å². The smallest absolute Gasteiger partial charge is 0.256 e. The monoisotopic (exact) mass is 541 g/mol. The first-order chi connectivity index (χ1) is 17.9. The molecule has 1 aliphatic rings. The van der Waals surface area contributed by atoms with Gasteiger partial charge in [0.05, 0.1) is 35.2 Å². The predicted octanol–water partition coefficient (Wildman–Crippen LogP) is 4.39. The minimum atomic E-state index is -0.290. The summed E-state index contributed by atoms with van der Waals surface area (Å²) >= 11 is 13.0. The number of nitrogens with zero attached hydrogens (tertiary/aromatic N) is 4. The number of benzene rings is 2. The highest BCUT2D eigenvalue weighted by molar-refractivity contribution is 6.40. The number of aromatic amines is 1. The Morgan fingerprint density at radius 3 is 2.49 bits per heavy atom. The fourth-order valence-electron chi connectivity index (χ4n) is 4.28. The lowest BCUT2D eigenvalue weighted by Gasteiger charge is -2.33. The minimum Gasteiger partial charge on any atom is -0.495 e. The Kier molecular flexibility index (Phi) is 7.05. The molecular weight excluding hydrogens is 517 g/mol. The van der Waals surface area contributed by atoms with Crippen molar-refractivity contribution in [3.05, 3.63) is 52.1 Å². The summed E-state index contributed by atoms with van der Waals surface area (Å²) in [5.41, 5.74) is 2.36. The molecule has 1 fully saturated rings. The van der Waals surface area contributed by atoms with Gasteiger partial charge in [-0.15, -0.1) is 0 Å². The quantitative estimate of drug-likeness (QED) is 0.329. The number of anilines is 2. The number of nitrogens with one attached hydrogen (secondary N) is 3. The van der Waals surface area contributed by atoms with Gasteiger partial charge in [0.15, 0.2) is 17.3 Å². The molecule has 4 aromatic rings. The highest BCUT2D eigenvalue weighted by Crippen LogP contribution is 2.45. The number of fused-ring (bicyclic) bond motifs is 1. The third-order valence-corrected chi connectivity index (χ3v) is 6.96. The molecular formula is C25H25Cl2N7O3. The summed E-state index contributed by atoms with van der Waals surface area (Å²) in [7, 11) is 2.98. The van der Waals surface area contributed by atoms with Crippen LogP contribution in [-0.4, -0.2) is 66.0 Å². The molecule has 3 N–H and O–H groups in total. The summed E-state index contributed by atoms with van der Waals surface area (Å²) in [6.45, 7) is 4.94. The summed E-state index contributed by atoms with van der Waals surface area (Å²) in [4.78, 5) is 24.2. The van der Waals surface area contributed by atoms with E-state index < -0.39 is 0 Å². The van der Waals surface area contributed by atoms with Crippen LogP contribution in [0.1, 0.15) is 17.3 Å². The van der Waals surface area contributed by atoms with Crippen molar-refractivity contribution >= 4 is 51.6 Å². The molecule has 2 aromatic carbocycles. The van der Waals surface area contributed by atoms with Crippen LogP contribution >= 0.6 is 23.2 Å². The molecule has 0 aliphatic carbocycles. The fourth-order valence-corrected chi connectivity index (χ4v) is 4.95. The Bertz CT molecular complexity index is 1430. The van der Waals surface area contributed by atoms with Gasteiger partial charge in [0.2, 0.25) is 0 Å². The molecule has 2 aromatic heterocycles. The SMILES string of the molecule is COc1cc(OC)c(Cl)c(-c2ncc3c(NC(=O)c4ccc(N5CCN[C@H](C)C5)cc4)n[nH]c3n2)c1Cl. The second kappa shape index (κ2) is 10.4. The normalized spacial score (nSPS) is 15.6. The van der Waals surface area contributed by atoms with Crippen molar-refractivity contribution in [2.24, 2.45) is 0 Å². The zero-order chi connectivity index (χ0) is 26.1. The lowest BCUT2D eigenvalue weighted by atomic mass is 10.1. The lowest BCUT2D eigenvalue weighted by molar-refractivity contribution is 0.102. The third kappa shape index (κ3) is 4.87. The number of carbonyl (C=O) groups is 1. The Morgan fingerprint density at radius 1 is 1.14 bits per heavy atom. The maximum Gasteiger partial charge on any atom is 0.256 e. The molecule has 192 valence electrons. The van der Waals surface area contributed by atoms with Crippen LogP contribution in [0.3, 0.4) is 0 Å². The van der Waals surface area contributed by atoms with Crippen LogP contribution in [0.2, 0.25) is 10.0 Å². The molecule has 3 heterocycles. The van der Waals surface area contributed by atoms with Gasteiger partial charge in [-0.25, -0.2) is 9.97 Å². The molecule has 37 heavy (non-hydrogen) atoms. The van der Waals surface area contributed by atoms with Gasteiger partial charge in [0.25, 0.3) is 5.91 Å². The molecule has 0 bridgehead atoms. The molecule has 0 saturated carbocycles. The van der Waals surface area contributed by atoms with Gasteiger partial charge in [-0.05, 0) is 31.2 Å². The van der Waals surface area contributed by atoms with Crippen LogP contribution in [0, 0.1) is 0 Å². The van der Waals surface area contributed by atoms with Gasteiger partial charge in [0.1, 0.15) is 11.5 Å². The molecule has 0 radical (unpaired) electrons. The van der Waals surface area contributed by atoms with Gasteiger partial charge in [-0.2, -0.15) is 5.10 Å². The van der Waals surface area contributed by atoms with E-state index >= 15 is 0 Å². The second-order valence-electron chi connectivity index (χ2n) is 8.61. The number of hydrogen-bond donors (Lipinski definition) is 3. The van der Waals surface area contributed by atoms with Crippen LogP contribution in [0.15, 0.2) is 36.5 Å². The van der Waals surface area contributed by atoms with E-state index in [1.807, 2.05) is 12.1 Å². The first kappa shape index (κ1) is 25.1. The topological polar surface area (TPSA) is 117 Å². The van der Waals surface area contributed by atoms with Gasteiger partial charge >= 0.3 is 0 Å². The first-order valence-corrected chi connectivity index (χ1v) is 12.4. The second-order valence-corrected chi connectivity index (χ2v) is 9.37. The highest BCUT2D eigenvalue weighted by atomic mass is 35.5. The summed E-state index contributed by atoms with van der Waals surface area (Å²) in [5.74, 6) is 1.01. The van der Waals surface area contributed by atoms with E-state index in [0.717, 1.165) is 25.3 Å². The van der Waals surface area contributed by atoms with Gasteiger partial charge < -0.3 is 25.0 Å². The minimum absolute atomic E-state index is 0.249. The number of halogens is 2. The van der Waals surface area contributed by atoms with Crippen LogP contribution in [0.4, 0.5) is 11.5 Å². The maximum absolute atomic E-state index is 12.9. The number of H-pyrrole nitrogens is 1. The number of hydrogen-bond acceptors (Lipinski definition) is 8. The van der Waals surface area contributed by atoms with E-state index in [1.165, 1.54) is 14.2 Å². The third-order valence-electron chi connectivity index (χ3n) is 6.21. The number of ether oxygens (including phenoxy) is 2. The number of piperazine rings is 1. The predicted molar refractivity (Wildman–Crippen MR) is 144 cm³/mol. The molecule has 12 heteroatoms. The van der Waals surface area contributed by atoms with E-state index in [0.29, 0.717) is 45.5 Å². The van der Waals surface area contributed by atoms with E-state index in [2.05, 4.69) is 42.6 Å². The summed E-state index contributed by atoms with van der Waals surface area (Å²) in [6.07, 6.45) is 1.55. The largest absolute Gasteiger partial charge is 0.495 e. The molecule has 1 atom stereocenters. The molecule has 10 nitrogen and oxygen atoms in total. The van der Waals surface area contributed by atoms with Crippen LogP contribution in [-0.2, 0) is 0 Å². The maximum atomic E-state index is 12.9. The van der Waals surface area contributed by atoms with E-state index in [4.69, 9.17) is 32.7 Å². The van der Waals surface area contributed by atoms with Gasteiger partial charge in [-0.1, -0.05) is 23.2 Å². The summed E-state index contributed by atoms with van der Waals surface area (Å²) < 4.78 is 10.7. The zero-order valence-electron chi connectivity index (χ0n) is 20.4. The Balaban J connectivity index is 1.38. The first-order valence-electron chi connectivity index (χ1n) is 11.6. The van der Waals surface area contributed by atoms with Crippen molar-refractivity contribution in [3.63, 3.8) is 0 Å². The molecule has 0 unspecified atom stereocenters. The van der Waals surface area contributed by atoms with Crippen LogP contribution in [0.25, 0.3) is 22.4 Å². The highest BCUT2D eigenvalue weighted by Gasteiger charge is 2.22. The molecule has 5 rings (SSSR count). The Labute approximate surface area is 223 Å². The van der Waals surface area contributed by atoms with Crippen molar-refractivity contribution in [3.8, 4) is 22.9 Å². The number of carbonyl (C=O) groups excluding carboxylic acids is 1. The van der Waals surface area contributed by atoms with Crippen molar-refractivity contribution in [1.82, 2.24) is 25.5 Å². The van der Waals surface area contributed by atoms with Crippen LogP contribution in [0.5, 0.6) is 11.5 Å². The van der Waals surface area contributed by atoms with Crippen molar-refractivity contribution in [2.45, 2.75) is 13.0 Å². The number of amides is 1. The average Bonchev–Trinajstić information content (AvgIpc) is 3.31. The number of rotatable bonds is 6. The van der Waals surface area contributed by atoms with Crippen molar-refractivity contribution < 1.29 is 14.3 Å². The Hall–Kier alpha value is -3.60. The lowest BCUT2D eigenvalue weighted by Crippen LogP contribution is -2.49. The van der Waals surface area contributed by atoms with E-state index in [-0.39, 0.29) is 21.8 Å². The average molecular weight is 542 g/mol. The summed E-state index contributed by atoms with van der Waals surface area (Å²) in [6, 6.07) is 9.54. The molecule has 0 spiro atoms. The standard InChI is InChI=1S/C25H25Cl2N7O3/c1-13-12-34(9-8-28-13)15-6-4-14(5-7-15)25(35)31-23-16-11-29-24(30-22(16)32-33-23)19-20(26)17(36-2)10-18(37-3)21(19)27/h4-7,10-11,13,28H,8-9,12H2,1-3H3,(H2,29,30,31,32,33,35)/t13-/m1/s1. The Morgan fingerprint density at radius 2 is 1.84 bits per heavy atom. The molecule has 1 aliphatic heterocycles. The molecule has 1 saturated heterocycles. The van der Waals surface area contributed by atoms with Gasteiger partial charge in [0, 0.05) is 49.2 Å². The fraction of sp³-hybridized carbons (Fsp3) is 0.280. The number of methoxy groups -OCH3 is 2. The van der Waals surface area contributed by atoms with Crippen molar-refractivity contribution in [2.75, 3.05) is 44.1 Å². The van der Waals surface area contributed by atoms with Gasteiger partial charge in [-0.3, -0.25) is 9.89 Å². The number of aromatic nitrogens is 4. The van der Waals surface area contributed by atoms with E-state index in [1.54, 1.807) is 24.4 Å². The zero-order valence-corrected chi connectivity index (χ0v) is 21.9.